The van der Waals surface area contributed by atoms with Gasteiger partial charge in [0.2, 0.25) is 0 Å². The van der Waals surface area contributed by atoms with Crippen LogP contribution in [0.2, 0.25) is 0 Å². The lowest BCUT2D eigenvalue weighted by Crippen LogP contribution is -2.35. The molecule has 116 valence electrons. The molecule has 1 aromatic carbocycles. The topological polar surface area (TPSA) is 67.8 Å². The molecule has 0 heterocycles. The molecular formula is C16H23NO4. The molecule has 5 heteroatoms. The molecular weight excluding hydrogens is 270 g/mol. The van der Waals surface area contributed by atoms with Gasteiger partial charge in [-0.3, -0.25) is 10.1 Å². The third-order valence-corrected chi connectivity index (χ3v) is 3.83. The fourth-order valence-corrected chi connectivity index (χ4v) is 2.78. The Kier molecular flexibility index (Phi) is 5.44. The zero-order chi connectivity index (χ0) is 15.2. The molecule has 0 radical (unpaired) electrons. The maximum absolute atomic E-state index is 11.6. The second-order valence-corrected chi connectivity index (χ2v) is 5.26. The molecule has 1 unspecified atom stereocenters. The van der Waals surface area contributed by atoms with Gasteiger partial charge in [-0.1, -0.05) is 18.9 Å². The van der Waals surface area contributed by atoms with Crippen molar-refractivity contribution in [3.8, 4) is 11.5 Å². The average Bonchev–Trinajstić information content (AvgIpc) is 2.98. The first-order valence-electron chi connectivity index (χ1n) is 7.45. The molecule has 0 amide bonds. The number of ether oxygens (including phenoxy) is 2. The molecule has 1 aliphatic rings. The molecule has 1 saturated carbocycles. The average molecular weight is 293 g/mol. The van der Waals surface area contributed by atoms with Gasteiger partial charge in [0.05, 0.1) is 13.7 Å². The lowest BCUT2D eigenvalue weighted by molar-refractivity contribution is -0.139. The van der Waals surface area contributed by atoms with Gasteiger partial charge in [-0.15, -0.1) is 0 Å². The minimum atomic E-state index is -0.867. The van der Waals surface area contributed by atoms with E-state index in [9.17, 15) is 9.90 Å². The molecule has 0 aliphatic heterocycles. The van der Waals surface area contributed by atoms with E-state index >= 15 is 0 Å². The number of benzene rings is 1. The number of carboxylic acids is 1. The quantitative estimate of drug-likeness (QED) is 0.809. The number of carbonyl (C=O) groups is 1. The first kappa shape index (κ1) is 15.6. The molecule has 21 heavy (non-hydrogen) atoms. The van der Waals surface area contributed by atoms with Crippen LogP contribution in [0.5, 0.6) is 11.5 Å². The smallest absolute Gasteiger partial charge is 0.325 e. The zero-order valence-corrected chi connectivity index (χ0v) is 12.6. The minimum absolute atomic E-state index is 0.281. The summed E-state index contributed by atoms with van der Waals surface area (Å²) < 4.78 is 10.8. The highest BCUT2D eigenvalue weighted by Gasteiger charge is 2.26. The van der Waals surface area contributed by atoms with E-state index < -0.39 is 12.0 Å². The van der Waals surface area contributed by atoms with Crippen molar-refractivity contribution >= 4 is 5.97 Å². The molecule has 1 aromatic rings. The third-order valence-electron chi connectivity index (χ3n) is 3.83. The lowest BCUT2D eigenvalue weighted by atomic mass is 10.0. The van der Waals surface area contributed by atoms with Gasteiger partial charge in [0.1, 0.15) is 6.04 Å². The number of rotatable bonds is 7. The van der Waals surface area contributed by atoms with E-state index in [1.807, 2.05) is 6.92 Å². The molecule has 0 saturated heterocycles. The van der Waals surface area contributed by atoms with Gasteiger partial charge < -0.3 is 14.6 Å². The van der Waals surface area contributed by atoms with Crippen molar-refractivity contribution < 1.29 is 19.4 Å². The Morgan fingerprint density at radius 2 is 2.10 bits per heavy atom. The van der Waals surface area contributed by atoms with Crippen LogP contribution >= 0.6 is 0 Å². The molecule has 5 nitrogen and oxygen atoms in total. The Bertz CT molecular complexity index is 483. The Balaban J connectivity index is 2.20. The van der Waals surface area contributed by atoms with Crippen LogP contribution < -0.4 is 14.8 Å². The Labute approximate surface area is 125 Å². The highest BCUT2D eigenvalue weighted by Crippen LogP contribution is 2.31. The highest BCUT2D eigenvalue weighted by molar-refractivity contribution is 5.76. The lowest BCUT2D eigenvalue weighted by Gasteiger charge is -2.21. The van der Waals surface area contributed by atoms with Crippen LogP contribution in [0.1, 0.15) is 44.2 Å². The van der Waals surface area contributed by atoms with Gasteiger partial charge in [0, 0.05) is 6.04 Å². The van der Waals surface area contributed by atoms with Gasteiger partial charge in [-0.25, -0.2) is 0 Å². The molecule has 0 bridgehead atoms. The fourth-order valence-electron chi connectivity index (χ4n) is 2.78. The van der Waals surface area contributed by atoms with Crippen LogP contribution in [-0.4, -0.2) is 30.8 Å². The van der Waals surface area contributed by atoms with Gasteiger partial charge in [-0.2, -0.15) is 0 Å². The number of aliphatic carboxylic acids is 1. The molecule has 2 N–H and O–H groups in total. The molecule has 1 atom stereocenters. The van der Waals surface area contributed by atoms with E-state index in [-0.39, 0.29) is 6.04 Å². The summed E-state index contributed by atoms with van der Waals surface area (Å²) in [5.74, 6) is 0.329. The van der Waals surface area contributed by atoms with E-state index in [1.165, 1.54) is 0 Å². The SMILES string of the molecule is CCOc1ccc(C(NC2CCCC2)C(=O)O)cc1OC. The minimum Gasteiger partial charge on any atom is -0.493 e. The zero-order valence-electron chi connectivity index (χ0n) is 12.6. The van der Waals surface area contributed by atoms with E-state index in [1.54, 1.807) is 25.3 Å². The van der Waals surface area contributed by atoms with Crippen LogP contribution in [-0.2, 0) is 4.79 Å². The van der Waals surface area contributed by atoms with Crippen LogP contribution in [0.15, 0.2) is 18.2 Å². The summed E-state index contributed by atoms with van der Waals surface area (Å²) in [4.78, 5) is 11.6. The summed E-state index contributed by atoms with van der Waals surface area (Å²) in [6, 6.07) is 4.87. The van der Waals surface area contributed by atoms with Crippen molar-refractivity contribution in [1.29, 1.82) is 0 Å². The molecule has 0 aromatic heterocycles. The number of nitrogens with one attached hydrogen (secondary N) is 1. The van der Waals surface area contributed by atoms with Crippen molar-refractivity contribution in [2.24, 2.45) is 0 Å². The van der Waals surface area contributed by atoms with Crippen LogP contribution in [0.4, 0.5) is 0 Å². The maximum Gasteiger partial charge on any atom is 0.325 e. The number of methoxy groups -OCH3 is 1. The Hall–Kier alpha value is -1.75. The van der Waals surface area contributed by atoms with Crippen molar-refractivity contribution in [2.75, 3.05) is 13.7 Å². The van der Waals surface area contributed by atoms with Crippen LogP contribution in [0.3, 0.4) is 0 Å². The highest BCUT2D eigenvalue weighted by atomic mass is 16.5. The van der Waals surface area contributed by atoms with E-state index in [4.69, 9.17) is 9.47 Å². The van der Waals surface area contributed by atoms with E-state index in [2.05, 4.69) is 5.32 Å². The maximum atomic E-state index is 11.6. The summed E-state index contributed by atoms with van der Waals surface area (Å²) >= 11 is 0. The van der Waals surface area contributed by atoms with Crippen molar-refractivity contribution in [3.05, 3.63) is 23.8 Å². The van der Waals surface area contributed by atoms with Gasteiger partial charge in [0.15, 0.2) is 11.5 Å². The van der Waals surface area contributed by atoms with Gasteiger partial charge in [0.25, 0.3) is 0 Å². The van der Waals surface area contributed by atoms with Gasteiger partial charge in [-0.05, 0) is 37.5 Å². The summed E-state index contributed by atoms with van der Waals surface area (Å²) in [6.45, 7) is 2.44. The number of hydrogen-bond donors (Lipinski definition) is 2. The second-order valence-electron chi connectivity index (χ2n) is 5.26. The predicted molar refractivity (Wildman–Crippen MR) is 79.9 cm³/mol. The number of hydrogen-bond acceptors (Lipinski definition) is 4. The van der Waals surface area contributed by atoms with Crippen molar-refractivity contribution in [2.45, 2.75) is 44.7 Å². The van der Waals surface area contributed by atoms with Gasteiger partial charge >= 0.3 is 5.97 Å². The summed E-state index contributed by atoms with van der Waals surface area (Å²) in [7, 11) is 1.56. The monoisotopic (exact) mass is 293 g/mol. The molecule has 1 aliphatic carbocycles. The summed E-state index contributed by atoms with van der Waals surface area (Å²) in [5.41, 5.74) is 0.690. The summed E-state index contributed by atoms with van der Waals surface area (Å²) in [5, 5.41) is 12.7. The molecule has 1 fully saturated rings. The largest absolute Gasteiger partial charge is 0.493 e. The van der Waals surface area contributed by atoms with Crippen LogP contribution in [0, 0.1) is 0 Å². The Morgan fingerprint density at radius 3 is 2.67 bits per heavy atom. The Morgan fingerprint density at radius 1 is 1.38 bits per heavy atom. The second kappa shape index (κ2) is 7.31. The fraction of sp³-hybridized carbons (Fsp3) is 0.562. The normalized spacial score (nSPS) is 16.7. The van der Waals surface area contributed by atoms with Crippen molar-refractivity contribution in [1.82, 2.24) is 5.32 Å². The van der Waals surface area contributed by atoms with E-state index in [0.717, 1.165) is 25.7 Å². The first-order valence-corrected chi connectivity index (χ1v) is 7.45. The molecule has 0 spiro atoms. The standard InChI is InChI=1S/C16H23NO4/c1-3-21-13-9-8-11(10-14(13)20-2)15(16(18)19)17-12-6-4-5-7-12/h8-10,12,15,17H,3-7H2,1-2H3,(H,18,19). The molecule has 2 rings (SSSR count). The van der Waals surface area contributed by atoms with Crippen molar-refractivity contribution in [3.63, 3.8) is 0 Å². The number of carboxylic acid groups (broad SMARTS) is 1. The predicted octanol–water partition coefficient (Wildman–Crippen LogP) is 2.75. The first-order chi connectivity index (χ1) is 10.2. The van der Waals surface area contributed by atoms with Crippen LogP contribution in [0.25, 0.3) is 0 Å². The van der Waals surface area contributed by atoms with E-state index in [0.29, 0.717) is 23.7 Å². The summed E-state index contributed by atoms with van der Waals surface area (Å²) in [6.07, 6.45) is 4.41. The third kappa shape index (κ3) is 3.88.